The second-order valence-electron chi connectivity index (χ2n) is 3.24. The van der Waals surface area contributed by atoms with E-state index in [1.54, 1.807) is 4.90 Å². The number of amides is 2. The van der Waals surface area contributed by atoms with Gasteiger partial charge in [-0.15, -0.1) is 0 Å². The molecule has 16 heavy (non-hydrogen) atoms. The van der Waals surface area contributed by atoms with Crippen molar-refractivity contribution in [2.24, 2.45) is 5.73 Å². The maximum absolute atomic E-state index is 10.5. The van der Waals surface area contributed by atoms with E-state index in [9.17, 15) is 9.59 Å². The van der Waals surface area contributed by atoms with Crippen molar-refractivity contribution in [3.8, 4) is 6.07 Å². The number of rotatable bonds is 2. The van der Waals surface area contributed by atoms with Crippen LogP contribution in [0.1, 0.15) is 12.8 Å². The highest BCUT2D eigenvalue weighted by Gasteiger charge is 2.29. The molecule has 0 spiro atoms. The molecule has 7 heteroatoms. The fraction of sp³-hybridized carbons (Fsp3) is 0.667. The number of urea groups is 1. The first-order chi connectivity index (χ1) is 7.52. The summed E-state index contributed by atoms with van der Waals surface area (Å²) in [6.07, 6.45) is 1.57. The lowest BCUT2D eigenvalue weighted by Gasteiger charge is -2.16. The molecule has 1 fully saturated rings. The van der Waals surface area contributed by atoms with Crippen molar-refractivity contribution in [1.82, 2.24) is 10.2 Å². The van der Waals surface area contributed by atoms with E-state index in [0.29, 0.717) is 6.42 Å². The predicted molar refractivity (Wildman–Crippen MR) is 56.5 cm³/mol. The lowest BCUT2D eigenvalue weighted by atomic mass is 10.2. The van der Waals surface area contributed by atoms with E-state index in [-0.39, 0.29) is 6.54 Å². The first-order valence-electron chi connectivity index (χ1n) is 4.84. The highest BCUT2D eigenvalue weighted by atomic mass is 16.4. The summed E-state index contributed by atoms with van der Waals surface area (Å²) >= 11 is 0. The number of nitrogens with one attached hydrogen (secondary N) is 1. The van der Waals surface area contributed by atoms with Gasteiger partial charge in [0.25, 0.3) is 0 Å². The molecular weight excluding hydrogens is 212 g/mol. The number of carboxylic acid groups (broad SMARTS) is 1. The largest absolute Gasteiger partial charge is 0.480 e. The van der Waals surface area contributed by atoms with E-state index in [1.807, 2.05) is 6.07 Å². The lowest BCUT2D eigenvalue weighted by Crippen LogP contribution is -2.35. The number of carboxylic acids is 1. The molecule has 1 unspecified atom stereocenters. The van der Waals surface area contributed by atoms with Gasteiger partial charge in [-0.05, 0) is 12.8 Å². The van der Waals surface area contributed by atoms with Crippen LogP contribution in [-0.2, 0) is 4.79 Å². The van der Waals surface area contributed by atoms with E-state index in [0.717, 1.165) is 13.0 Å². The van der Waals surface area contributed by atoms with Crippen LogP contribution in [0.4, 0.5) is 4.79 Å². The number of nitriles is 1. The van der Waals surface area contributed by atoms with Gasteiger partial charge < -0.3 is 16.2 Å². The molecule has 1 rings (SSSR count). The molecule has 1 heterocycles. The summed E-state index contributed by atoms with van der Waals surface area (Å²) in [6, 6.07) is 1.04. The number of hydrogen-bond donors (Lipinski definition) is 3. The normalized spacial score (nSPS) is 19.1. The van der Waals surface area contributed by atoms with Gasteiger partial charge in [0.15, 0.2) is 0 Å². The Hall–Kier alpha value is -1.81. The minimum absolute atomic E-state index is 0.233. The van der Waals surface area contributed by atoms with Crippen LogP contribution >= 0.6 is 0 Å². The number of carbonyl (C=O) groups is 2. The fourth-order valence-electron chi connectivity index (χ4n) is 1.39. The minimum Gasteiger partial charge on any atom is -0.480 e. The van der Waals surface area contributed by atoms with Crippen LogP contribution in [0.5, 0.6) is 0 Å². The fourth-order valence-corrected chi connectivity index (χ4v) is 1.39. The van der Waals surface area contributed by atoms with Gasteiger partial charge in [0.2, 0.25) is 0 Å². The Morgan fingerprint density at radius 3 is 2.62 bits per heavy atom. The average molecular weight is 228 g/mol. The van der Waals surface area contributed by atoms with Gasteiger partial charge in [0.05, 0.1) is 12.6 Å². The Bertz CT molecular complexity index is 287. The lowest BCUT2D eigenvalue weighted by molar-refractivity contribution is -0.141. The molecule has 7 nitrogen and oxygen atoms in total. The van der Waals surface area contributed by atoms with Crippen LogP contribution in [0.3, 0.4) is 0 Å². The topological polar surface area (TPSA) is 119 Å². The SMILES string of the molecule is CNC(N)=O.N#CCN1CCCC1C(=O)O. The number of primary amides is 1. The van der Waals surface area contributed by atoms with Crippen molar-refractivity contribution in [1.29, 1.82) is 5.26 Å². The van der Waals surface area contributed by atoms with Crippen LogP contribution in [-0.4, -0.2) is 48.2 Å². The summed E-state index contributed by atoms with van der Waals surface area (Å²) in [5.41, 5.74) is 4.54. The van der Waals surface area contributed by atoms with Crippen molar-refractivity contribution in [3.05, 3.63) is 0 Å². The molecule has 4 N–H and O–H groups in total. The zero-order valence-electron chi connectivity index (χ0n) is 9.14. The van der Waals surface area contributed by atoms with Crippen molar-refractivity contribution in [3.63, 3.8) is 0 Å². The number of hydrogen-bond acceptors (Lipinski definition) is 4. The molecule has 0 aromatic rings. The summed E-state index contributed by atoms with van der Waals surface area (Å²) in [6.45, 7) is 0.974. The molecule has 0 radical (unpaired) electrons. The Kier molecular flexibility index (Phi) is 6.63. The quantitative estimate of drug-likeness (QED) is 0.542. The summed E-state index contributed by atoms with van der Waals surface area (Å²) in [4.78, 5) is 21.7. The minimum atomic E-state index is -0.808. The molecule has 1 atom stereocenters. The second kappa shape index (κ2) is 7.48. The number of nitrogens with zero attached hydrogens (tertiary/aromatic N) is 2. The van der Waals surface area contributed by atoms with Crippen LogP contribution in [0.25, 0.3) is 0 Å². The first kappa shape index (κ1) is 14.2. The van der Waals surface area contributed by atoms with E-state index in [1.165, 1.54) is 7.05 Å². The predicted octanol–water partition coefficient (Wildman–Crippen LogP) is -0.657. The maximum atomic E-state index is 10.5. The van der Waals surface area contributed by atoms with Gasteiger partial charge >= 0.3 is 12.0 Å². The standard InChI is InChI=1S/C7H10N2O2.C2H6N2O/c8-3-5-9-4-1-2-6(9)7(10)11;1-4-2(3)5/h6H,1-2,4-5H2,(H,10,11);1H3,(H3,3,4,5). The summed E-state index contributed by atoms with van der Waals surface area (Å²) in [7, 11) is 1.47. The molecule has 2 amide bonds. The Morgan fingerprint density at radius 1 is 1.69 bits per heavy atom. The Labute approximate surface area is 93.8 Å². The summed E-state index contributed by atoms with van der Waals surface area (Å²) in [5, 5.41) is 19.2. The van der Waals surface area contributed by atoms with Gasteiger partial charge in [-0.3, -0.25) is 9.69 Å². The third kappa shape index (κ3) is 5.17. The van der Waals surface area contributed by atoms with E-state index < -0.39 is 18.0 Å². The number of carbonyl (C=O) groups excluding carboxylic acids is 1. The summed E-state index contributed by atoms with van der Waals surface area (Å²) in [5.74, 6) is -0.808. The first-order valence-corrected chi connectivity index (χ1v) is 4.84. The highest BCUT2D eigenvalue weighted by molar-refractivity contribution is 5.73. The monoisotopic (exact) mass is 228 g/mol. The number of aliphatic carboxylic acids is 1. The van der Waals surface area contributed by atoms with Crippen LogP contribution in [0, 0.1) is 11.3 Å². The highest BCUT2D eigenvalue weighted by Crippen LogP contribution is 2.15. The molecule has 1 saturated heterocycles. The molecule has 1 aliphatic heterocycles. The Morgan fingerprint density at radius 2 is 2.25 bits per heavy atom. The van der Waals surface area contributed by atoms with Crippen molar-refractivity contribution >= 4 is 12.0 Å². The van der Waals surface area contributed by atoms with Crippen LogP contribution < -0.4 is 11.1 Å². The van der Waals surface area contributed by atoms with Gasteiger partial charge in [-0.2, -0.15) is 5.26 Å². The van der Waals surface area contributed by atoms with E-state index in [2.05, 4.69) is 11.1 Å². The van der Waals surface area contributed by atoms with Gasteiger partial charge in [0.1, 0.15) is 6.04 Å². The van der Waals surface area contributed by atoms with Crippen molar-refractivity contribution in [2.75, 3.05) is 20.1 Å². The number of nitrogens with two attached hydrogens (primary N) is 1. The molecule has 0 bridgehead atoms. The molecule has 0 aromatic carbocycles. The second-order valence-corrected chi connectivity index (χ2v) is 3.24. The molecule has 1 aliphatic rings. The number of likely N-dealkylation sites (tertiary alicyclic amines) is 1. The zero-order chi connectivity index (χ0) is 12.6. The van der Waals surface area contributed by atoms with Crippen LogP contribution in [0.15, 0.2) is 0 Å². The molecule has 0 saturated carbocycles. The van der Waals surface area contributed by atoms with Gasteiger partial charge in [-0.1, -0.05) is 0 Å². The average Bonchev–Trinajstić information content (AvgIpc) is 2.67. The third-order valence-corrected chi connectivity index (χ3v) is 2.17. The van der Waals surface area contributed by atoms with Crippen molar-refractivity contribution in [2.45, 2.75) is 18.9 Å². The smallest absolute Gasteiger partial charge is 0.320 e. The molecule has 0 aromatic heterocycles. The zero-order valence-corrected chi connectivity index (χ0v) is 9.14. The molecule has 90 valence electrons. The van der Waals surface area contributed by atoms with Gasteiger partial charge in [0, 0.05) is 13.6 Å². The van der Waals surface area contributed by atoms with Crippen LogP contribution in [0.2, 0.25) is 0 Å². The third-order valence-electron chi connectivity index (χ3n) is 2.17. The van der Waals surface area contributed by atoms with E-state index >= 15 is 0 Å². The maximum Gasteiger partial charge on any atom is 0.320 e. The summed E-state index contributed by atoms with van der Waals surface area (Å²) < 4.78 is 0. The van der Waals surface area contributed by atoms with E-state index in [4.69, 9.17) is 10.4 Å². The molecular formula is C9H16N4O3. The Balaban J connectivity index is 0.000000385. The van der Waals surface area contributed by atoms with Gasteiger partial charge in [-0.25, -0.2) is 4.79 Å². The molecule has 0 aliphatic carbocycles. The van der Waals surface area contributed by atoms with Crippen molar-refractivity contribution < 1.29 is 14.7 Å².